The molecule has 0 N–H and O–H groups in total. The summed E-state index contributed by atoms with van der Waals surface area (Å²) in [6.07, 6.45) is 12.9. The average molecular weight is 13100 g/mol. The van der Waals surface area contributed by atoms with Crippen LogP contribution in [0.5, 0.6) is 0 Å². The van der Waals surface area contributed by atoms with Crippen LogP contribution in [0.15, 0.2) is 43.1 Å². The monoisotopic (exact) mass is 13100 g/mol. The van der Waals surface area contributed by atoms with Crippen LogP contribution >= 0.6 is 0 Å². The fraction of sp³-hybridized carbons (Fsp3) is 0.345. The molecule has 0 atom stereocenters. The maximum atomic E-state index is 11.7. The molecule has 92 heteroatoms. The Labute approximate surface area is 1750 Å². The smallest absolute Gasteiger partial charge is 0 e. The SMILES string of the molecule is C.CC(=[N-])C(=[N-])N(C(=O)[C](C)=[W])[C](C)=[W].CC(=[N-])N([C-]=O)C(=N[C](C)=[W])[C](C)=[W].C[C-]=C(C)C(=[N-])N(C(=O)[N]=[W])[C](C)=[W].C[C-]=C(C)n1c([C](C)=[W])c(C)ncc1=O.C[C-]=C(C)n1c([C](C)=[W])nncc1=O.C[C](=[W])C(=[N-])N([N]=[W])C(=O)[CH]=[W].C[C](=[W])N(C(=[N-])[N]=[W])C(=O)[CH]=[W].[W].[W].[W].[W].[W].[W].[W].[W].[W].[W].[W].[W].[W].[W].[W].[W].[W].[W].[W].[W].[W].[W].[W].[W].[W].[W].[W].[W].[W].[W].[W].[W].[W].[W].[W].[W].[W].[W].[W].[W].[W].[W].[W].[W].[W].[W].[W].[W].[W].[W].[W]. The molecule has 824 valence electrons. The number of amides is 6. The molecular weight excluding hydrogens is 13000 g/mol. The minimum atomic E-state index is -0.431. The molecule has 0 saturated carbocycles. The van der Waals surface area contributed by atoms with Crippen LogP contribution in [0.3, 0.4) is 0 Å². The molecule has 0 aliphatic carbocycles. The van der Waals surface area contributed by atoms with Gasteiger partial charge in [0.05, 0.1) is 0 Å². The van der Waals surface area contributed by atoms with E-state index in [4.69, 9.17) is 5.41 Å². The van der Waals surface area contributed by atoms with Gasteiger partial charge in [0, 0.05) is 1070 Å². The minimum absolute atomic E-state index is 0. The number of amidine groups is 5. The van der Waals surface area contributed by atoms with E-state index in [0.717, 1.165) is 260 Å². The molecular formula is C55H62N20O7W65-10. The van der Waals surface area contributed by atoms with Crippen LogP contribution in [0, 0.1) is 25.2 Å². The van der Waals surface area contributed by atoms with Gasteiger partial charge in [-0.05, 0) is 0 Å². The number of aromatic nitrogens is 5. The van der Waals surface area contributed by atoms with Crippen LogP contribution in [-0.2, 0) is 1370 Å². The summed E-state index contributed by atoms with van der Waals surface area (Å²) in [6, 6.07) is -0.431. The Morgan fingerprint density at radius 2 is 0.687 bits per heavy atom. The molecule has 2 aromatic rings. The Hall–Kier alpha value is 34.7. The summed E-state index contributed by atoms with van der Waals surface area (Å²) in [4.78, 5) is 92.1. The molecule has 2 rings (SSSR count). The fourth-order valence-corrected chi connectivity index (χ4v) is 11.9. The van der Waals surface area contributed by atoms with Crippen molar-refractivity contribution in [1.82, 2.24) is 48.9 Å². The number of nitrogens with zero attached hydrogens (tertiary/aromatic N) is 20. The summed E-state index contributed by atoms with van der Waals surface area (Å²) < 4.78 is 24.7. The molecule has 27 nitrogen and oxygen atoms in total. The number of guanidine groups is 1. The van der Waals surface area contributed by atoms with Gasteiger partial charge < -0.3 is 0 Å². The second kappa shape index (κ2) is 244. The number of urea groups is 1. The van der Waals surface area contributed by atoms with Gasteiger partial charge in [0.15, 0.2) is 0 Å². The van der Waals surface area contributed by atoms with E-state index in [9.17, 15) is 60.6 Å². The van der Waals surface area contributed by atoms with Gasteiger partial charge in [-0.2, -0.15) is 0 Å². The molecule has 0 aromatic carbocycles. The quantitative estimate of drug-likeness (QED) is 0.0731. The number of allylic oxidation sites excluding steroid dienone is 5. The van der Waals surface area contributed by atoms with E-state index in [1.807, 2.05) is 48.5 Å². The van der Waals surface area contributed by atoms with Crippen molar-refractivity contribution in [2.24, 2.45) is 15.6 Å². The van der Waals surface area contributed by atoms with Gasteiger partial charge in [0.1, 0.15) is 0 Å². The Kier molecular flexibility index (Phi) is 633. The number of carbonyl (C=O) groups excluding carboxylic acids is 5. The van der Waals surface area contributed by atoms with Crippen LogP contribution < -0.4 is 11.1 Å². The molecule has 2 aromatic heterocycles. The predicted molar refractivity (Wildman–Crippen MR) is 331 cm³/mol. The van der Waals surface area contributed by atoms with Gasteiger partial charge in [-0.1, -0.05) is 7.43 Å². The number of carbonyl (C=O) groups is 4. The minimum Gasteiger partial charge on any atom is 0 e. The van der Waals surface area contributed by atoms with Gasteiger partial charge >= 0.3 is 718 Å². The van der Waals surface area contributed by atoms with Crippen molar-refractivity contribution in [2.75, 3.05) is 0 Å². The number of aryl methyl sites for hydroxylation is 1. The molecule has 0 fully saturated rings. The molecule has 6 amide bonds. The fourth-order valence-electron chi connectivity index (χ4n) is 5.37. The molecule has 0 bridgehead atoms. The largest absolute Gasteiger partial charge is 0 e. The zero-order valence-electron chi connectivity index (χ0n) is 74.6. The van der Waals surface area contributed by atoms with Crippen LogP contribution in [0.25, 0.3) is 43.8 Å². The maximum absolute atomic E-state index is 11.7. The van der Waals surface area contributed by atoms with E-state index < -0.39 is 6.03 Å². The van der Waals surface area contributed by atoms with Crippen LogP contribution in [0.2, 0.25) is 0 Å². The summed E-state index contributed by atoms with van der Waals surface area (Å²) in [7, 11) is 0. The van der Waals surface area contributed by atoms with E-state index in [2.05, 4.69) is 49.0 Å². The molecule has 0 saturated heterocycles. The van der Waals surface area contributed by atoms with Crippen LogP contribution in [0.4, 0.5) is 4.79 Å². The molecule has 0 radical (unpaired) electrons. The molecule has 147 heavy (non-hydrogen) atoms. The van der Waals surface area contributed by atoms with Crippen molar-refractivity contribution >= 4 is 127 Å². The number of hydrogen-bond donors (Lipinski definition) is 0. The normalized spacial score (nSPS) is 6.54. The van der Waals surface area contributed by atoms with Gasteiger partial charge in [-0.25, -0.2) is 0 Å². The third kappa shape index (κ3) is 187. The molecule has 0 unspecified atom stereocenters. The second-order valence-electron chi connectivity index (χ2n) is 17.0. The van der Waals surface area contributed by atoms with Crippen LogP contribution in [-0.4, -0.2) is 164 Å². The Morgan fingerprint density at radius 3 is 0.891 bits per heavy atom. The first kappa shape index (κ1) is 382. The average Bonchev–Trinajstić information content (AvgIpc) is 0.807. The van der Waals surface area contributed by atoms with E-state index in [0.29, 0.717) is 25.2 Å². The van der Waals surface area contributed by atoms with Gasteiger partial charge in [0.2, 0.25) is 0 Å². The first-order valence-electron chi connectivity index (χ1n) is 25.3. The summed E-state index contributed by atoms with van der Waals surface area (Å²) in [5.41, 5.74) is 3.40. The van der Waals surface area contributed by atoms with Crippen molar-refractivity contribution in [2.45, 2.75) is 132 Å². The van der Waals surface area contributed by atoms with Crippen molar-refractivity contribution in [3.05, 3.63) is 107 Å². The molecule has 0 spiro atoms. The predicted octanol–water partition coefficient (Wildman–Crippen LogP) is 3.27. The number of aliphatic imine (C=N–C) groups is 1. The van der Waals surface area contributed by atoms with E-state index >= 15 is 0 Å². The van der Waals surface area contributed by atoms with Crippen molar-refractivity contribution in [1.29, 1.82) is 0 Å². The van der Waals surface area contributed by atoms with Gasteiger partial charge in [0.25, 0.3) is 0 Å². The first-order valence-corrected chi connectivity index (χ1v) is 45.8. The van der Waals surface area contributed by atoms with Crippen molar-refractivity contribution in [3.63, 3.8) is 0 Å². The maximum Gasteiger partial charge on any atom is 0 e. The van der Waals surface area contributed by atoms with E-state index in [-0.39, 0.29) is 1150 Å². The third-order valence-electron chi connectivity index (χ3n) is 9.84. The molecule has 0 aliphatic rings. The Bertz CT molecular complexity index is 3820. The zero-order valence-corrected chi connectivity index (χ0v) is 265. The molecule has 0 aliphatic heterocycles. The van der Waals surface area contributed by atoms with Gasteiger partial charge in [-0.15, -0.1) is 0 Å². The second-order valence-corrected chi connectivity index (χ2v) is 40.0. The van der Waals surface area contributed by atoms with E-state index in [1.54, 1.807) is 73.3 Å². The summed E-state index contributed by atoms with van der Waals surface area (Å²) in [6.45, 7) is 31.7. The zero-order chi connectivity index (χ0) is 75.8. The van der Waals surface area contributed by atoms with E-state index in [1.165, 1.54) is 127 Å². The first-order chi connectivity index (χ1) is 43.8. The Balaban J connectivity index is -0.0000000110. The topological polar surface area (TPSA) is 367 Å². The summed E-state index contributed by atoms with van der Waals surface area (Å²) in [5, 5.41) is 64.8. The standard InChI is InChI=1S/C11H13N2O.C9H10N3O.3C8H9N3O.2C5H4N3O.CH4.65W/c1-5-8(3)13-10(6-2)9(4)12-7-11(13)14;1-4-7(3)12-8(5-2)11-10-6-9(12)13;1-4-8(10-5-2)11(6-12)7(3)9;1-4-7(12)11(5-2)8(10)6(3)9;1-4-6(3)7(9)11(5-2)8(10)12;1-3-8(4(2)9)5(6)7;1-3-5(6)8(7)4(2)9;;;;;;;;;;;;;;;;;;;;;;;;;;;;;;;;;;;;;;;;;;;;;;;;;;;;;;;;;;;;;;;;;;/h7H,1-4H3;6H,1-3H3;3*1-3H3;2*2H,1H3;1H4;;;;;;;;;;;;;;;;;;;;;;;;;;;;;;;;;;;;;;;;;;;;;;;;;;;;;;;;;;;;;;;;;/q2*-1;3*-2;2*-1;;;;;;;;;;;;;;;;;;;;;;;;;;;;;;;;;;;;;;;;;;;;;;;;;;;;;;;;;;;;;;;;;;. The number of rotatable bonds is 17. The van der Waals surface area contributed by atoms with Crippen LogP contribution in [0.1, 0.15) is 142 Å². The Morgan fingerprint density at radius 1 is 0.388 bits per heavy atom. The molecule has 2 heterocycles. The number of hydrogen-bond acceptors (Lipinski definition) is 12. The summed E-state index contributed by atoms with van der Waals surface area (Å²) >= 11 is 15.2. The summed E-state index contributed by atoms with van der Waals surface area (Å²) in [5.74, 6) is -0.477. The third-order valence-corrected chi connectivity index (χ3v) is 18.6. The van der Waals surface area contributed by atoms with Gasteiger partial charge in [-0.3, -0.25) is 0 Å². The van der Waals surface area contributed by atoms with Crippen molar-refractivity contribution in [3.8, 4) is 0 Å². The van der Waals surface area contributed by atoms with Crippen molar-refractivity contribution < 1.29 is 1370 Å².